The largest absolute Gasteiger partial charge is 0.265 e. The third-order valence-corrected chi connectivity index (χ3v) is 5.78. The van der Waals surface area contributed by atoms with Crippen molar-refractivity contribution < 1.29 is 12.8 Å². The normalized spacial score (nSPS) is 11.6. The smallest absolute Gasteiger partial charge is 0.241 e. The molecule has 0 atom stereocenters. The van der Waals surface area contributed by atoms with E-state index in [1.165, 1.54) is 23.5 Å². The average Bonchev–Trinajstić information content (AvgIpc) is 3.02. The molecule has 8 heteroatoms. The number of hydrogen-bond donors (Lipinski definition) is 1. The molecule has 0 amide bonds. The summed E-state index contributed by atoms with van der Waals surface area (Å²) in [5.41, 5.74) is 2.05. The second-order valence-electron chi connectivity index (χ2n) is 5.10. The summed E-state index contributed by atoms with van der Waals surface area (Å²) in [6, 6.07) is 7.26. The average molecular weight is 363 g/mol. The summed E-state index contributed by atoms with van der Waals surface area (Å²) in [7, 11) is -3.72. The molecule has 5 nitrogen and oxygen atoms in total. The standard InChI is InChI=1S/C16H14FN3O2S2/c1-11-8-13(17)2-3-15(11)24(21,22)19-9-16-20-14(10-23-16)12-4-6-18-7-5-12/h2-8,10,19H,9H2,1H3. The van der Waals surface area contributed by atoms with Gasteiger partial charge in [-0.2, -0.15) is 0 Å². The summed E-state index contributed by atoms with van der Waals surface area (Å²) >= 11 is 1.37. The van der Waals surface area contributed by atoms with Crippen LogP contribution in [0.1, 0.15) is 10.6 Å². The third kappa shape index (κ3) is 3.66. The van der Waals surface area contributed by atoms with E-state index in [4.69, 9.17) is 0 Å². The van der Waals surface area contributed by atoms with Crippen LogP contribution < -0.4 is 4.72 Å². The number of aryl methyl sites for hydroxylation is 1. The second-order valence-corrected chi connectivity index (χ2v) is 7.77. The van der Waals surface area contributed by atoms with Gasteiger partial charge in [0.15, 0.2) is 0 Å². The zero-order valence-electron chi connectivity index (χ0n) is 12.7. The van der Waals surface area contributed by atoms with Crippen LogP contribution in [-0.2, 0) is 16.6 Å². The van der Waals surface area contributed by atoms with Crippen LogP contribution in [0, 0.1) is 12.7 Å². The highest BCUT2D eigenvalue weighted by Crippen LogP contribution is 2.22. The predicted molar refractivity (Wildman–Crippen MR) is 90.5 cm³/mol. The molecule has 0 spiro atoms. The van der Waals surface area contributed by atoms with Crippen molar-refractivity contribution in [1.29, 1.82) is 0 Å². The molecule has 0 saturated heterocycles. The van der Waals surface area contributed by atoms with Gasteiger partial charge < -0.3 is 0 Å². The van der Waals surface area contributed by atoms with Crippen molar-refractivity contribution >= 4 is 21.4 Å². The van der Waals surface area contributed by atoms with Crippen molar-refractivity contribution in [2.75, 3.05) is 0 Å². The van der Waals surface area contributed by atoms with Gasteiger partial charge in [0.05, 0.1) is 17.1 Å². The number of thiazole rings is 1. The van der Waals surface area contributed by atoms with E-state index in [2.05, 4.69) is 14.7 Å². The third-order valence-electron chi connectivity index (χ3n) is 3.37. The summed E-state index contributed by atoms with van der Waals surface area (Å²) in [5, 5.41) is 2.51. The van der Waals surface area contributed by atoms with Crippen LogP contribution in [0.4, 0.5) is 4.39 Å². The monoisotopic (exact) mass is 363 g/mol. The molecule has 0 radical (unpaired) electrons. The molecule has 124 valence electrons. The highest BCUT2D eigenvalue weighted by molar-refractivity contribution is 7.89. The lowest BCUT2D eigenvalue weighted by atomic mass is 10.2. The van der Waals surface area contributed by atoms with Crippen LogP contribution >= 0.6 is 11.3 Å². The molecule has 0 aliphatic heterocycles. The van der Waals surface area contributed by atoms with E-state index in [9.17, 15) is 12.8 Å². The minimum Gasteiger partial charge on any atom is -0.265 e. The van der Waals surface area contributed by atoms with Gasteiger partial charge in [0.25, 0.3) is 0 Å². The maximum atomic E-state index is 13.1. The zero-order valence-corrected chi connectivity index (χ0v) is 14.4. The van der Waals surface area contributed by atoms with Crippen LogP contribution in [0.25, 0.3) is 11.3 Å². The molecule has 1 aromatic carbocycles. The molecule has 2 heterocycles. The number of nitrogens with zero attached hydrogens (tertiary/aromatic N) is 2. The molecular weight excluding hydrogens is 349 g/mol. The van der Waals surface area contributed by atoms with Gasteiger partial charge in [0.2, 0.25) is 10.0 Å². The fourth-order valence-corrected chi connectivity index (χ4v) is 4.24. The van der Waals surface area contributed by atoms with Crippen LogP contribution in [0.2, 0.25) is 0 Å². The maximum Gasteiger partial charge on any atom is 0.241 e. The van der Waals surface area contributed by atoms with Gasteiger partial charge in [0.1, 0.15) is 10.8 Å². The molecule has 0 fully saturated rings. The van der Waals surface area contributed by atoms with E-state index in [0.717, 1.165) is 17.3 Å². The van der Waals surface area contributed by atoms with Crippen LogP contribution in [0.3, 0.4) is 0 Å². The minimum atomic E-state index is -3.72. The molecule has 3 rings (SSSR count). The van der Waals surface area contributed by atoms with Gasteiger partial charge in [0, 0.05) is 23.3 Å². The van der Waals surface area contributed by atoms with E-state index in [-0.39, 0.29) is 11.4 Å². The first-order chi connectivity index (χ1) is 11.5. The molecule has 0 aliphatic carbocycles. The Morgan fingerprint density at radius 1 is 1.21 bits per heavy atom. The Kier molecular flexibility index (Phi) is 4.70. The number of hydrogen-bond acceptors (Lipinski definition) is 5. The number of sulfonamides is 1. The van der Waals surface area contributed by atoms with Crippen molar-refractivity contribution in [3.05, 3.63) is 64.5 Å². The van der Waals surface area contributed by atoms with Gasteiger partial charge in [-0.1, -0.05) is 0 Å². The van der Waals surface area contributed by atoms with E-state index < -0.39 is 15.8 Å². The molecule has 0 saturated carbocycles. The van der Waals surface area contributed by atoms with Gasteiger partial charge in [-0.05, 0) is 42.8 Å². The SMILES string of the molecule is Cc1cc(F)ccc1S(=O)(=O)NCc1nc(-c2ccncc2)cs1. The van der Waals surface area contributed by atoms with E-state index in [1.807, 2.05) is 17.5 Å². The number of nitrogens with one attached hydrogen (secondary N) is 1. The molecular formula is C16H14FN3O2S2. The first-order valence-electron chi connectivity index (χ1n) is 7.06. The summed E-state index contributed by atoms with van der Waals surface area (Å²) in [5.74, 6) is -0.464. The van der Waals surface area contributed by atoms with Crippen LogP contribution in [0.5, 0.6) is 0 Å². The summed E-state index contributed by atoms with van der Waals surface area (Å²) in [6.45, 7) is 1.64. The topological polar surface area (TPSA) is 72.0 Å². The molecule has 0 bridgehead atoms. The Morgan fingerprint density at radius 3 is 2.67 bits per heavy atom. The van der Waals surface area contributed by atoms with E-state index in [0.29, 0.717) is 10.6 Å². The number of benzene rings is 1. The summed E-state index contributed by atoms with van der Waals surface area (Å²) in [4.78, 5) is 8.43. The first kappa shape index (κ1) is 16.7. The van der Waals surface area contributed by atoms with E-state index >= 15 is 0 Å². The Bertz CT molecular complexity index is 956. The fourth-order valence-electron chi connectivity index (χ4n) is 2.20. The van der Waals surface area contributed by atoms with Gasteiger partial charge in [-0.3, -0.25) is 4.98 Å². The van der Waals surface area contributed by atoms with Crippen molar-refractivity contribution in [3.63, 3.8) is 0 Å². The number of halogens is 1. The summed E-state index contributed by atoms with van der Waals surface area (Å²) in [6.07, 6.45) is 3.35. The van der Waals surface area contributed by atoms with Crippen molar-refractivity contribution in [2.45, 2.75) is 18.4 Å². The maximum absolute atomic E-state index is 13.1. The minimum absolute atomic E-state index is 0.0646. The quantitative estimate of drug-likeness (QED) is 0.756. The Hall–Kier alpha value is -2.16. The van der Waals surface area contributed by atoms with Gasteiger partial charge in [-0.15, -0.1) is 11.3 Å². The molecule has 3 aromatic rings. The number of aromatic nitrogens is 2. The number of pyridine rings is 1. The molecule has 1 N–H and O–H groups in total. The molecule has 2 aromatic heterocycles. The van der Waals surface area contributed by atoms with E-state index in [1.54, 1.807) is 19.3 Å². The number of rotatable bonds is 5. The Balaban J connectivity index is 1.75. The zero-order chi connectivity index (χ0) is 17.2. The van der Waals surface area contributed by atoms with Crippen LogP contribution in [0.15, 0.2) is 53.0 Å². The lowest BCUT2D eigenvalue weighted by Crippen LogP contribution is -2.24. The predicted octanol–water partition coefficient (Wildman–Crippen LogP) is 3.13. The van der Waals surface area contributed by atoms with Crippen molar-refractivity contribution in [3.8, 4) is 11.3 Å². The second kappa shape index (κ2) is 6.76. The van der Waals surface area contributed by atoms with Gasteiger partial charge >= 0.3 is 0 Å². The Morgan fingerprint density at radius 2 is 1.96 bits per heavy atom. The molecule has 0 unspecified atom stereocenters. The lowest BCUT2D eigenvalue weighted by molar-refractivity contribution is 0.579. The first-order valence-corrected chi connectivity index (χ1v) is 9.42. The fraction of sp³-hybridized carbons (Fsp3) is 0.125. The highest BCUT2D eigenvalue weighted by Gasteiger charge is 2.17. The lowest BCUT2D eigenvalue weighted by Gasteiger charge is -2.08. The summed E-state index contributed by atoms with van der Waals surface area (Å²) < 4.78 is 40.3. The van der Waals surface area contributed by atoms with Crippen molar-refractivity contribution in [2.24, 2.45) is 0 Å². The van der Waals surface area contributed by atoms with Crippen molar-refractivity contribution in [1.82, 2.24) is 14.7 Å². The molecule has 24 heavy (non-hydrogen) atoms. The van der Waals surface area contributed by atoms with Gasteiger partial charge in [-0.25, -0.2) is 22.5 Å². The highest BCUT2D eigenvalue weighted by atomic mass is 32.2. The molecule has 0 aliphatic rings. The Labute approximate surface area is 143 Å². The van der Waals surface area contributed by atoms with Crippen LogP contribution in [-0.4, -0.2) is 18.4 Å².